The lowest BCUT2D eigenvalue weighted by atomic mass is 9.99. The van der Waals surface area contributed by atoms with Crippen molar-refractivity contribution in [2.75, 3.05) is 19.6 Å². The van der Waals surface area contributed by atoms with E-state index < -0.39 is 11.6 Å². The van der Waals surface area contributed by atoms with Crippen molar-refractivity contribution in [3.05, 3.63) is 35.4 Å². The molecule has 0 saturated carbocycles. The Bertz CT molecular complexity index is 383. The van der Waals surface area contributed by atoms with E-state index in [4.69, 9.17) is 0 Å². The van der Waals surface area contributed by atoms with Crippen LogP contribution in [0.2, 0.25) is 0 Å². The third-order valence-electron chi connectivity index (χ3n) is 3.73. The van der Waals surface area contributed by atoms with Gasteiger partial charge in [-0.3, -0.25) is 0 Å². The van der Waals surface area contributed by atoms with Gasteiger partial charge in [-0.15, -0.1) is 0 Å². The molecule has 1 aromatic rings. The fourth-order valence-corrected chi connectivity index (χ4v) is 2.57. The molecule has 2 atom stereocenters. The van der Waals surface area contributed by atoms with Crippen molar-refractivity contribution in [1.82, 2.24) is 10.6 Å². The fourth-order valence-electron chi connectivity index (χ4n) is 2.57. The summed E-state index contributed by atoms with van der Waals surface area (Å²) in [6, 6.07) is 4.11. The normalized spacial score (nSPS) is 21.3. The van der Waals surface area contributed by atoms with Gasteiger partial charge < -0.3 is 10.6 Å². The van der Waals surface area contributed by atoms with Gasteiger partial charge in [0.1, 0.15) is 11.6 Å². The molecular weight excluding hydrogens is 246 g/mol. The van der Waals surface area contributed by atoms with E-state index in [9.17, 15) is 8.78 Å². The lowest BCUT2D eigenvalue weighted by Gasteiger charge is -2.25. The summed E-state index contributed by atoms with van der Waals surface area (Å²) in [5, 5.41) is 6.75. The Labute approximate surface area is 113 Å². The number of benzene rings is 1. The van der Waals surface area contributed by atoms with Gasteiger partial charge in [0.2, 0.25) is 0 Å². The van der Waals surface area contributed by atoms with Crippen molar-refractivity contribution in [3.63, 3.8) is 0 Å². The molecule has 0 radical (unpaired) electrons. The molecule has 1 saturated heterocycles. The molecule has 0 bridgehead atoms. The summed E-state index contributed by atoms with van der Waals surface area (Å²) in [6.45, 7) is 5.02. The van der Waals surface area contributed by atoms with Gasteiger partial charge >= 0.3 is 0 Å². The van der Waals surface area contributed by atoms with Crippen LogP contribution < -0.4 is 10.6 Å². The molecule has 2 rings (SSSR count). The van der Waals surface area contributed by atoms with Crippen molar-refractivity contribution in [1.29, 1.82) is 0 Å². The first-order valence-electron chi connectivity index (χ1n) is 7.04. The number of nitrogens with one attached hydrogen (secondary N) is 2. The zero-order valence-corrected chi connectivity index (χ0v) is 11.4. The van der Waals surface area contributed by atoms with Crippen LogP contribution in [0.25, 0.3) is 0 Å². The topological polar surface area (TPSA) is 24.1 Å². The van der Waals surface area contributed by atoms with Crippen LogP contribution in [-0.4, -0.2) is 25.7 Å². The average Bonchev–Trinajstić information content (AvgIpc) is 2.42. The molecule has 0 aromatic heterocycles. The van der Waals surface area contributed by atoms with Gasteiger partial charge in [0.25, 0.3) is 0 Å². The maximum absolute atomic E-state index is 13.5. The largest absolute Gasteiger partial charge is 0.316 e. The standard InChI is InChI=1S/C15H22F2N2/c1-11(19-10-12-4-3-7-18-9-12)8-13-14(16)5-2-6-15(13)17/h2,5-6,11-12,18-19H,3-4,7-10H2,1H3. The van der Waals surface area contributed by atoms with Crippen LogP contribution in [-0.2, 0) is 6.42 Å². The van der Waals surface area contributed by atoms with Gasteiger partial charge in [0.15, 0.2) is 0 Å². The molecule has 0 aliphatic carbocycles. The predicted molar refractivity (Wildman–Crippen MR) is 73.1 cm³/mol. The van der Waals surface area contributed by atoms with Gasteiger partial charge in [-0.2, -0.15) is 0 Å². The van der Waals surface area contributed by atoms with Gasteiger partial charge in [0, 0.05) is 11.6 Å². The molecular formula is C15H22F2N2. The van der Waals surface area contributed by atoms with Crippen molar-refractivity contribution in [2.24, 2.45) is 5.92 Å². The Morgan fingerprint density at radius 3 is 2.74 bits per heavy atom. The van der Waals surface area contributed by atoms with Crippen LogP contribution in [0.5, 0.6) is 0 Å². The zero-order chi connectivity index (χ0) is 13.7. The second-order valence-electron chi connectivity index (χ2n) is 5.43. The molecule has 0 spiro atoms. The number of halogens is 2. The molecule has 1 aromatic carbocycles. The second kappa shape index (κ2) is 6.96. The Balaban J connectivity index is 1.82. The van der Waals surface area contributed by atoms with E-state index in [1.807, 2.05) is 6.92 Å². The van der Waals surface area contributed by atoms with Crippen LogP contribution in [0.15, 0.2) is 18.2 Å². The molecule has 1 heterocycles. The minimum Gasteiger partial charge on any atom is -0.316 e. The molecule has 2 unspecified atom stereocenters. The monoisotopic (exact) mass is 268 g/mol. The highest BCUT2D eigenvalue weighted by Crippen LogP contribution is 2.15. The summed E-state index contributed by atoms with van der Waals surface area (Å²) in [6.07, 6.45) is 2.82. The van der Waals surface area contributed by atoms with E-state index in [1.54, 1.807) is 0 Å². The van der Waals surface area contributed by atoms with E-state index >= 15 is 0 Å². The van der Waals surface area contributed by atoms with Gasteiger partial charge in [0.05, 0.1) is 0 Å². The quantitative estimate of drug-likeness (QED) is 0.857. The average molecular weight is 268 g/mol. The van der Waals surface area contributed by atoms with Crippen LogP contribution in [0, 0.1) is 17.6 Å². The Morgan fingerprint density at radius 1 is 1.37 bits per heavy atom. The summed E-state index contributed by atoms with van der Waals surface area (Å²) in [7, 11) is 0. The van der Waals surface area contributed by atoms with Crippen molar-refractivity contribution >= 4 is 0 Å². The summed E-state index contributed by atoms with van der Waals surface area (Å²) in [5.41, 5.74) is 0.185. The van der Waals surface area contributed by atoms with E-state index in [1.165, 1.54) is 31.0 Å². The van der Waals surface area contributed by atoms with Crippen molar-refractivity contribution in [3.8, 4) is 0 Å². The van der Waals surface area contributed by atoms with Crippen LogP contribution in [0.3, 0.4) is 0 Å². The Kier molecular flexibility index (Phi) is 5.28. The van der Waals surface area contributed by atoms with E-state index in [0.717, 1.165) is 19.6 Å². The third kappa shape index (κ3) is 4.25. The molecule has 19 heavy (non-hydrogen) atoms. The third-order valence-corrected chi connectivity index (χ3v) is 3.73. The number of hydrogen-bond acceptors (Lipinski definition) is 2. The highest BCUT2D eigenvalue weighted by Gasteiger charge is 2.16. The molecule has 0 amide bonds. The van der Waals surface area contributed by atoms with E-state index in [-0.39, 0.29) is 11.6 Å². The molecule has 106 valence electrons. The van der Waals surface area contributed by atoms with Crippen LogP contribution >= 0.6 is 0 Å². The summed E-state index contributed by atoms with van der Waals surface area (Å²) in [5.74, 6) is -0.275. The van der Waals surface area contributed by atoms with Gasteiger partial charge in [-0.1, -0.05) is 6.07 Å². The highest BCUT2D eigenvalue weighted by atomic mass is 19.1. The Morgan fingerprint density at radius 2 is 2.11 bits per heavy atom. The lowest BCUT2D eigenvalue weighted by molar-refractivity contribution is 0.345. The molecule has 4 heteroatoms. The first-order chi connectivity index (χ1) is 9.16. The Hall–Kier alpha value is -1.00. The maximum atomic E-state index is 13.5. The number of rotatable bonds is 5. The zero-order valence-electron chi connectivity index (χ0n) is 11.4. The predicted octanol–water partition coefficient (Wildman–Crippen LogP) is 2.49. The minimum atomic E-state index is -0.451. The summed E-state index contributed by atoms with van der Waals surface area (Å²) in [4.78, 5) is 0. The highest BCUT2D eigenvalue weighted by molar-refractivity contribution is 5.20. The summed E-state index contributed by atoms with van der Waals surface area (Å²) < 4.78 is 27.1. The minimum absolute atomic E-state index is 0.0772. The lowest BCUT2D eigenvalue weighted by Crippen LogP contribution is -2.39. The molecule has 1 aliphatic rings. The number of hydrogen-bond donors (Lipinski definition) is 2. The van der Waals surface area contributed by atoms with Crippen LogP contribution in [0.4, 0.5) is 8.78 Å². The van der Waals surface area contributed by atoms with Crippen molar-refractivity contribution in [2.45, 2.75) is 32.2 Å². The van der Waals surface area contributed by atoms with Gasteiger partial charge in [-0.05, 0) is 63.9 Å². The molecule has 2 nitrogen and oxygen atoms in total. The SMILES string of the molecule is CC(Cc1c(F)cccc1F)NCC1CCCNC1. The molecule has 2 N–H and O–H groups in total. The molecule has 1 fully saturated rings. The first kappa shape index (κ1) is 14.4. The van der Waals surface area contributed by atoms with E-state index in [0.29, 0.717) is 12.3 Å². The first-order valence-corrected chi connectivity index (χ1v) is 7.04. The smallest absolute Gasteiger partial charge is 0.129 e. The fraction of sp³-hybridized carbons (Fsp3) is 0.600. The second-order valence-corrected chi connectivity index (χ2v) is 5.43. The molecule has 1 aliphatic heterocycles. The van der Waals surface area contributed by atoms with Crippen LogP contribution in [0.1, 0.15) is 25.3 Å². The number of piperidine rings is 1. The van der Waals surface area contributed by atoms with E-state index in [2.05, 4.69) is 10.6 Å². The van der Waals surface area contributed by atoms with Crippen molar-refractivity contribution < 1.29 is 8.78 Å². The summed E-state index contributed by atoms with van der Waals surface area (Å²) >= 11 is 0. The maximum Gasteiger partial charge on any atom is 0.129 e. The van der Waals surface area contributed by atoms with Gasteiger partial charge in [-0.25, -0.2) is 8.78 Å².